The minimum Gasteiger partial charge on any atom is -0.490 e. The summed E-state index contributed by atoms with van der Waals surface area (Å²) in [5.74, 6) is 1.71. The van der Waals surface area contributed by atoms with E-state index in [1.54, 1.807) is 13.1 Å². The first-order chi connectivity index (χ1) is 12.1. The second kappa shape index (κ2) is 9.46. The molecular weight excluding hydrogens is 320 g/mol. The Balaban J connectivity index is 2.07. The van der Waals surface area contributed by atoms with Crippen LogP contribution in [0, 0.1) is 6.92 Å². The van der Waals surface area contributed by atoms with Gasteiger partial charge in [-0.15, -0.1) is 0 Å². The normalized spacial score (nSPS) is 10.8. The van der Waals surface area contributed by atoms with E-state index in [1.165, 1.54) is 6.07 Å². The van der Waals surface area contributed by atoms with Gasteiger partial charge in [0.1, 0.15) is 0 Å². The van der Waals surface area contributed by atoms with E-state index < -0.39 is 0 Å². The standard InChI is InChI=1S/C18H24N4O3/c1-4-6-9-25-15-8-7-14(11-16(15)24-5-2)12-19-22-18-20-13(3)10-17(23)21-18/h7-8,10-12H,4-6,9H2,1-3H3,(H2,20,21,22,23)/b19-12-. The second-order valence-electron chi connectivity index (χ2n) is 5.45. The SMILES string of the molecule is CCCCOc1ccc(/C=N\Nc2nc(C)cc(=O)[nH]2)cc1OCC. The summed E-state index contributed by atoms with van der Waals surface area (Å²) in [7, 11) is 0. The molecule has 2 aromatic rings. The fraction of sp³-hybridized carbons (Fsp3) is 0.389. The van der Waals surface area contributed by atoms with Gasteiger partial charge in [-0.05, 0) is 44.0 Å². The number of nitrogens with one attached hydrogen (secondary N) is 2. The topological polar surface area (TPSA) is 88.6 Å². The Labute approximate surface area is 147 Å². The fourth-order valence-electron chi connectivity index (χ4n) is 2.12. The van der Waals surface area contributed by atoms with Crippen LogP contribution in [0.25, 0.3) is 0 Å². The van der Waals surface area contributed by atoms with Crippen molar-refractivity contribution in [1.82, 2.24) is 9.97 Å². The van der Waals surface area contributed by atoms with Crippen molar-refractivity contribution in [1.29, 1.82) is 0 Å². The molecule has 0 unspecified atom stereocenters. The van der Waals surface area contributed by atoms with Crippen LogP contribution < -0.4 is 20.5 Å². The maximum absolute atomic E-state index is 11.4. The highest BCUT2D eigenvalue weighted by atomic mass is 16.5. The number of aryl methyl sites for hydroxylation is 1. The molecule has 0 radical (unpaired) electrons. The molecule has 7 nitrogen and oxygen atoms in total. The zero-order valence-corrected chi connectivity index (χ0v) is 14.8. The van der Waals surface area contributed by atoms with Gasteiger partial charge in [0.2, 0.25) is 5.95 Å². The zero-order chi connectivity index (χ0) is 18.1. The van der Waals surface area contributed by atoms with Crippen molar-refractivity contribution >= 4 is 12.2 Å². The minimum absolute atomic E-state index is 0.225. The van der Waals surface area contributed by atoms with Crippen LogP contribution in [0.5, 0.6) is 11.5 Å². The number of rotatable bonds is 9. The summed E-state index contributed by atoms with van der Waals surface area (Å²) in [6, 6.07) is 7.04. The number of hydrogen-bond acceptors (Lipinski definition) is 6. The summed E-state index contributed by atoms with van der Waals surface area (Å²) >= 11 is 0. The molecule has 2 rings (SSSR count). The van der Waals surface area contributed by atoms with Gasteiger partial charge in [-0.2, -0.15) is 5.10 Å². The number of H-pyrrole nitrogens is 1. The number of nitrogens with zero attached hydrogens (tertiary/aromatic N) is 2. The molecule has 0 aliphatic carbocycles. The van der Waals surface area contributed by atoms with Gasteiger partial charge >= 0.3 is 0 Å². The number of hydrogen-bond donors (Lipinski definition) is 2. The van der Waals surface area contributed by atoms with Gasteiger partial charge in [0.25, 0.3) is 5.56 Å². The van der Waals surface area contributed by atoms with Gasteiger partial charge in [-0.3, -0.25) is 9.78 Å². The molecule has 0 saturated heterocycles. The molecule has 2 N–H and O–H groups in total. The molecule has 7 heteroatoms. The summed E-state index contributed by atoms with van der Waals surface area (Å²) in [6.07, 6.45) is 3.70. The average molecular weight is 344 g/mol. The molecule has 25 heavy (non-hydrogen) atoms. The Morgan fingerprint density at radius 2 is 2.08 bits per heavy atom. The second-order valence-corrected chi connectivity index (χ2v) is 5.45. The van der Waals surface area contributed by atoms with E-state index in [9.17, 15) is 4.79 Å². The molecular formula is C18H24N4O3. The van der Waals surface area contributed by atoms with E-state index in [0.29, 0.717) is 30.6 Å². The van der Waals surface area contributed by atoms with E-state index >= 15 is 0 Å². The molecule has 134 valence electrons. The first kappa shape index (κ1) is 18.5. The van der Waals surface area contributed by atoms with Crippen molar-refractivity contribution in [2.75, 3.05) is 18.6 Å². The lowest BCUT2D eigenvalue weighted by Crippen LogP contribution is -2.10. The molecule has 0 aliphatic heterocycles. The van der Waals surface area contributed by atoms with Crippen LogP contribution in [-0.2, 0) is 0 Å². The third-order valence-electron chi connectivity index (χ3n) is 3.28. The Hall–Kier alpha value is -2.83. The summed E-state index contributed by atoms with van der Waals surface area (Å²) in [6.45, 7) is 7.01. The predicted octanol–water partition coefficient (Wildman–Crippen LogP) is 3.10. The molecule has 0 aliphatic rings. The number of anilines is 1. The van der Waals surface area contributed by atoms with Crippen molar-refractivity contribution < 1.29 is 9.47 Å². The summed E-state index contributed by atoms with van der Waals surface area (Å²) < 4.78 is 11.4. The molecule has 0 bridgehead atoms. The molecule has 0 fully saturated rings. The van der Waals surface area contributed by atoms with Crippen LogP contribution in [0.15, 0.2) is 34.2 Å². The maximum atomic E-state index is 11.4. The minimum atomic E-state index is -0.225. The molecule has 0 saturated carbocycles. The summed E-state index contributed by atoms with van der Waals surface area (Å²) in [4.78, 5) is 18.1. The first-order valence-electron chi connectivity index (χ1n) is 8.39. The fourth-order valence-corrected chi connectivity index (χ4v) is 2.12. The first-order valence-corrected chi connectivity index (χ1v) is 8.39. The predicted molar refractivity (Wildman–Crippen MR) is 98.8 cm³/mol. The molecule has 1 aromatic carbocycles. The molecule has 0 spiro atoms. The third-order valence-corrected chi connectivity index (χ3v) is 3.28. The Kier molecular flexibility index (Phi) is 7.00. The number of ether oxygens (including phenoxy) is 2. The maximum Gasteiger partial charge on any atom is 0.252 e. The molecule has 0 atom stereocenters. The summed E-state index contributed by atoms with van der Waals surface area (Å²) in [5.41, 5.74) is 3.95. The van der Waals surface area contributed by atoms with Crippen LogP contribution in [0.4, 0.5) is 5.95 Å². The van der Waals surface area contributed by atoms with E-state index in [4.69, 9.17) is 9.47 Å². The quantitative estimate of drug-likeness (QED) is 0.414. The van der Waals surface area contributed by atoms with E-state index in [0.717, 1.165) is 24.2 Å². The smallest absolute Gasteiger partial charge is 0.252 e. The highest BCUT2D eigenvalue weighted by Crippen LogP contribution is 2.28. The Morgan fingerprint density at radius 1 is 1.24 bits per heavy atom. The zero-order valence-electron chi connectivity index (χ0n) is 14.8. The van der Waals surface area contributed by atoms with Crippen LogP contribution in [0.2, 0.25) is 0 Å². The number of unbranched alkanes of at least 4 members (excludes halogenated alkanes) is 1. The summed E-state index contributed by atoms with van der Waals surface area (Å²) in [5, 5.41) is 4.10. The lowest BCUT2D eigenvalue weighted by molar-refractivity contribution is 0.272. The largest absolute Gasteiger partial charge is 0.490 e. The van der Waals surface area contributed by atoms with E-state index in [2.05, 4.69) is 27.4 Å². The van der Waals surface area contributed by atoms with Crippen LogP contribution >= 0.6 is 0 Å². The number of benzene rings is 1. The number of hydrazone groups is 1. The van der Waals surface area contributed by atoms with Crippen LogP contribution in [0.1, 0.15) is 37.9 Å². The number of aromatic nitrogens is 2. The average Bonchev–Trinajstić information content (AvgIpc) is 2.56. The van der Waals surface area contributed by atoms with Gasteiger partial charge in [0.05, 0.1) is 19.4 Å². The van der Waals surface area contributed by atoms with Crippen molar-refractivity contribution in [3.63, 3.8) is 0 Å². The van der Waals surface area contributed by atoms with Gasteiger partial charge in [0, 0.05) is 11.8 Å². The monoisotopic (exact) mass is 344 g/mol. The third kappa shape index (κ3) is 5.95. The van der Waals surface area contributed by atoms with Crippen LogP contribution in [0.3, 0.4) is 0 Å². The highest BCUT2D eigenvalue weighted by Gasteiger charge is 2.06. The van der Waals surface area contributed by atoms with Crippen molar-refractivity contribution in [2.45, 2.75) is 33.6 Å². The van der Waals surface area contributed by atoms with Gasteiger partial charge in [-0.25, -0.2) is 10.4 Å². The van der Waals surface area contributed by atoms with Crippen molar-refractivity contribution in [3.05, 3.63) is 45.9 Å². The lowest BCUT2D eigenvalue weighted by Gasteiger charge is -2.12. The number of aromatic amines is 1. The van der Waals surface area contributed by atoms with Crippen molar-refractivity contribution in [3.8, 4) is 11.5 Å². The Morgan fingerprint density at radius 3 is 2.80 bits per heavy atom. The molecule has 1 heterocycles. The van der Waals surface area contributed by atoms with E-state index in [1.807, 2.05) is 25.1 Å². The lowest BCUT2D eigenvalue weighted by atomic mass is 10.2. The van der Waals surface area contributed by atoms with Crippen molar-refractivity contribution in [2.24, 2.45) is 5.10 Å². The molecule has 1 aromatic heterocycles. The molecule has 0 amide bonds. The van der Waals surface area contributed by atoms with Gasteiger partial charge < -0.3 is 9.47 Å². The van der Waals surface area contributed by atoms with E-state index in [-0.39, 0.29) is 5.56 Å². The van der Waals surface area contributed by atoms with Crippen LogP contribution in [-0.4, -0.2) is 29.4 Å². The van der Waals surface area contributed by atoms with Gasteiger partial charge in [-0.1, -0.05) is 13.3 Å². The van der Waals surface area contributed by atoms with Gasteiger partial charge in [0.15, 0.2) is 11.5 Å². The Bertz CT molecular complexity index is 771. The highest BCUT2D eigenvalue weighted by molar-refractivity contribution is 5.81.